The summed E-state index contributed by atoms with van der Waals surface area (Å²) in [6, 6.07) is 22.6. The fourth-order valence-electron chi connectivity index (χ4n) is 3.54. The predicted molar refractivity (Wildman–Crippen MR) is 118 cm³/mol. The number of rotatable bonds is 9. The molecule has 0 amide bonds. The van der Waals surface area contributed by atoms with E-state index in [4.69, 9.17) is 19.9 Å². The maximum atomic E-state index is 6.03. The van der Waals surface area contributed by atoms with Crippen LogP contribution in [0.5, 0.6) is 5.75 Å². The van der Waals surface area contributed by atoms with Crippen molar-refractivity contribution < 1.29 is 14.2 Å². The molecule has 0 aliphatic rings. The van der Waals surface area contributed by atoms with Crippen molar-refractivity contribution in [1.82, 2.24) is 4.57 Å². The Morgan fingerprint density at radius 1 is 0.759 bits per heavy atom. The van der Waals surface area contributed by atoms with Crippen molar-refractivity contribution in [2.75, 3.05) is 38.8 Å². The van der Waals surface area contributed by atoms with E-state index in [-0.39, 0.29) is 0 Å². The lowest BCUT2D eigenvalue weighted by molar-refractivity contribution is 0.0405. The van der Waals surface area contributed by atoms with E-state index in [0.29, 0.717) is 33.0 Å². The Labute approximate surface area is 170 Å². The lowest BCUT2D eigenvalue weighted by atomic mass is 10.1. The van der Waals surface area contributed by atoms with Crippen LogP contribution >= 0.6 is 0 Å². The zero-order chi connectivity index (χ0) is 20.1. The Balaban J connectivity index is 1.51. The molecular weight excluding hydrogens is 364 g/mol. The summed E-state index contributed by atoms with van der Waals surface area (Å²) in [6.07, 6.45) is 0. The Kier molecular flexibility index (Phi) is 5.98. The fourth-order valence-corrected chi connectivity index (χ4v) is 3.54. The molecule has 0 atom stereocenters. The summed E-state index contributed by atoms with van der Waals surface area (Å²) in [7, 11) is 0. The zero-order valence-electron chi connectivity index (χ0n) is 16.6. The molecule has 1 heterocycles. The molecule has 0 spiro atoms. The summed E-state index contributed by atoms with van der Waals surface area (Å²) < 4.78 is 18.8. The summed E-state index contributed by atoms with van der Waals surface area (Å²) in [5, 5.41) is 2.35. The lowest BCUT2D eigenvalue weighted by Crippen LogP contribution is -2.10. The van der Waals surface area contributed by atoms with Gasteiger partial charge in [0.15, 0.2) is 0 Å². The lowest BCUT2D eigenvalue weighted by Gasteiger charge is -2.10. The van der Waals surface area contributed by atoms with E-state index in [1.54, 1.807) is 0 Å². The number of fused-ring (bicyclic) bond motifs is 3. The number of ether oxygens (including phenoxy) is 3. The molecule has 4 aromatic rings. The van der Waals surface area contributed by atoms with E-state index in [2.05, 4.69) is 47.0 Å². The SMILES string of the molecule is CCOCCOCCOc1ccc(-n2c3ccccc3c3cc(N)ccc32)cc1. The van der Waals surface area contributed by atoms with Crippen molar-refractivity contribution in [2.24, 2.45) is 0 Å². The first-order valence-corrected chi connectivity index (χ1v) is 9.95. The highest BCUT2D eigenvalue weighted by Crippen LogP contribution is 2.33. The van der Waals surface area contributed by atoms with E-state index in [0.717, 1.165) is 33.5 Å². The minimum absolute atomic E-state index is 0.514. The summed E-state index contributed by atoms with van der Waals surface area (Å²) in [5.74, 6) is 0.826. The number of hydrogen-bond acceptors (Lipinski definition) is 4. The Morgan fingerprint density at radius 2 is 1.48 bits per heavy atom. The first-order valence-electron chi connectivity index (χ1n) is 9.95. The molecule has 5 heteroatoms. The maximum Gasteiger partial charge on any atom is 0.119 e. The van der Waals surface area contributed by atoms with Crippen LogP contribution in [0.15, 0.2) is 66.7 Å². The number of benzene rings is 3. The maximum absolute atomic E-state index is 6.03. The van der Waals surface area contributed by atoms with Crippen LogP contribution in [0, 0.1) is 0 Å². The topological polar surface area (TPSA) is 58.6 Å². The minimum Gasteiger partial charge on any atom is -0.491 e. The van der Waals surface area contributed by atoms with Gasteiger partial charge in [0.25, 0.3) is 0 Å². The Morgan fingerprint density at radius 3 is 2.31 bits per heavy atom. The molecule has 0 saturated heterocycles. The standard InChI is InChI=1S/C24H26N2O3/c1-2-27-13-14-28-15-16-29-20-10-8-19(9-11-20)26-23-6-4-3-5-21(23)22-17-18(25)7-12-24(22)26/h3-12,17H,2,13-16,25H2,1H3. The molecule has 29 heavy (non-hydrogen) atoms. The van der Waals surface area contributed by atoms with Gasteiger partial charge in [-0.3, -0.25) is 0 Å². The van der Waals surface area contributed by atoms with Gasteiger partial charge < -0.3 is 24.5 Å². The second-order valence-corrected chi connectivity index (χ2v) is 6.78. The molecule has 0 aliphatic carbocycles. The number of hydrogen-bond donors (Lipinski definition) is 1. The second kappa shape index (κ2) is 8.99. The van der Waals surface area contributed by atoms with Gasteiger partial charge in [-0.15, -0.1) is 0 Å². The van der Waals surface area contributed by atoms with Crippen LogP contribution in [-0.2, 0) is 9.47 Å². The van der Waals surface area contributed by atoms with Crippen LogP contribution in [0.1, 0.15) is 6.92 Å². The largest absolute Gasteiger partial charge is 0.491 e. The molecule has 0 saturated carbocycles. The highest BCUT2D eigenvalue weighted by molar-refractivity contribution is 6.10. The van der Waals surface area contributed by atoms with Crippen LogP contribution in [0.3, 0.4) is 0 Å². The second-order valence-electron chi connectivity index (χ2n) is 6.78. The summed E-state index contributed by atoms with van der Waals surface area (Å²) in [6.45, 7) is 4.96. The van der Waals surface area contributed by atoms with Crippen molar-refractivity contribution >= 4 is 27.5 Å². The Hall–Kier alpha value is -3.02. The van der Waals surface area contributed by atoms with Gasteiger partial charge in [-0.05, 0) is 55.5 Å². The van der Waals surface area contributed by atoms with Crippen molar-refractivity contribution in [2.45, 2.75) is 6.92 Å². The van der Waals surface area contributed by atoms with Crippen LogP contribution in [0.4, 0.5) is 5.69 Å². The summed E-state index contributed by atoms with van der Waals surface area (Å²) >= 11 is 0. The van der Waals surface area contributed by atoms with Crippen molar-refractivity contribution in [3.63, 3.8) is 0 Å². The molecule has 0 radical (unpaired) electrons. The van der Waals surface area contributed by atoms with Gasteiger partial charge in [0.2, 0.25) is 0 Å². The van der Waals surface area contributed by atoms with Gasteiger partial charge in [0.1, 0.15) is 12.4 Å². The number of anilines is 1. The van der Waals surface area contributed by atoms with Gasteiger partial charge in [0.05, 0.1) is 30.9 Å². The number of nitrogen functional groups attached to an aromatic ring is 1. The van der Waals surface area contributed by atoms with Gasteiger partial charge >= 0.3 is 0 Å². The molecule has 5 nitrogen and oxygen atoms in total. The summed E-state index contributed by atoms with van der Waals surface area (Å²) in [4.78, 5) is 0. The molecule has 2 N–H and O–H groups in total. The molecular formula is C24H26N2O3. The van der Waals surface area contributed by atoms with E-state index >= 15 is 0 Å². The zero-order valence-corrected chi connectivity index (χ0v) is 16.6. The van der Waals surface area contributed by atoms with Crippen LogP contribution in [-0.4, -0.2) is 37.6 Å². The van der Waals surface area contributed by atoms with Crippen LogP contribution in [0.25, 0.3) is 27.5 Å². The third-order valence-corrected chi connectivity index (χ3v) is 4.86. The fraction of sp³-hybridized carbons (Fsp3) is 0.250. The average molecular weight is 390 g/mol. The first kappa shape index (κ1) is 19.3. The van der Waals surface area contributed by atoms with E-state index in [1.807, 2.05) is 31.2 Å². The highest BCUT2D eigenvalue weighted by Gasteiger charge is 2.12. The predicted octanol–water partition coefficient (Wildman–Crippen LogP) is 4.80. The van der Waals surface area contributed by atoms with E-state index < -0.39 is 0 Å². The molecule has 0 aliphatic heterocycles. The third kappa shape index (κ3) is 4.21. The van der Waals surface area contributed by atoms with Crippen molar-refractivity contribution in [3.8, 4) is 11.4 Å². The van der Waals surface area contributed by atoms with Crippen molar-refractivity contribution in [3.05, 3.63) is 66.7 Å². The monoisotopic (exact) mass is 390 g/mol. The molecule has 4 rings (SSSR count). The molecule has 1 aromatic heterocycles. The van der Waals surface area contributed by atoms with Gasteiger partial charge in [-0.1, -0.05) is 18.2 Å². The molecule has 3 aromatic carbocycles. The normalized spacial score (nSPS) is 11.3. The quantitative estimate of drug-likeness (QED) is 0.329. The van der Waals surface area contributed by atoms with Gasteiger partial charge in [-0.2, -0.15) is 0 Å². The van der Waals surface area contributed by atoms with E-state index in [1.165, 1.54) is 5.39 Å². The Bertz CT molecular complexity index is 1090. The number of aromatic nitrogens is 1. The molecule has 150 valence electrons. The molecule has 0 bridgehead atoms. The van der Waals surface area contributed by atoms with Crippen LogP contribution in [0.2, 0.25) is 0 Å². The van der Waals surface area contributed by atoms with E-state index in [9.17, 15) is 0 Å². The minimum atomic E-state index is 0.514. The van der Waals surface area contributed by atoms with Gasteiger partial charge in [0, 0.05) is 28.8 Å². The first-order chi connectivity index (χ1) is 14.3. The number of para-hydroxylation sites is 1. The highest BCUT2D eigenvalue weighted by atomic mass is 16.5. The smallest absolute Gasteiger partial charge is 0.119 e. The number of nitrogens with two attached hydrogens (primary N) is 1. The third-order valence-electron chi connectivity index (χ3n) is 4.86. The molecule has 0 unspecified atom stereocenters. The van der Waals surface area contributed by atoms with Crippen molar-refractivity contribution in [1.29, 1.82) is 0 Å². The van der Waals surface area contributed by atoms with Crippen LogP contribution < -0.4 is 10.5 Å². The molecule has 0 fully saturated rings. The number of nitrogens with zero attached hydrogens (tertiary/aromatic N) is 1. The summed E-state index contributed by atoms with van der Waals surface area (Å²) in [5.41, 5.74) is 10.2. The van der Waals surface area contributed by atoms with Gasteiger partial charge in [-0.25, -0.2) is 0 Å². The average Bonchev–Trinajstić information content (AvgIpc) is 3.07.